The molecule has 1 aromatic rings. The van der Waals surface area contributed by atoms with Crippen LogP contribution >= 0.6 is 6.42 Å². The zero-order valence-electron chi connectivity index (χ0n) is 12.7. The molecule has 2 N–H and O–H groups in total. The highest BCUT2D eigenvalue weighted by molar-refractivity contribution is 8.10. The summed E-state index contributed by atoms with van der Waals surface area (Å²) in [5.41, 5.74) is -0.574. The van der Waals surface area contributed by atoms with E-state index in [0.717, 1.165) is 0 Å². The second kappa shape index (κ2) is 6.74. The highest BCUT2D eigenvalue weighted by Gasteiger charge is 2.34. The van der Waals surface area contributed by atoms with Crippen molar-refractivity contribution in [1.29, 1.82) is 0 Å². The highest BCUT2D eigenvalue weighted by atomic mass is 32.4. The van der Waals surface area contributed by atoms with Crippen LogP contribution in [0, 0.1) is 6.92 Å². The van der Waals surface area contributed by atoms with E-state index in [1.54, 1.807) is 25.4 Å². The first kappa shape index (κ1) is 17.5. The third-order valence-electron chi connectivity index (χ3n) is 3.46. The lowest BCUT2D eigenvalue weighted by Crippen LogP contribution is -2.48. The van der Waals surface area contributed by atoms with Crippen LogP contribution in [0.5, 0.6) is 0 Å². The van der Waals surface area contributed by atoms with Crippen molar-refractivity contribution in [2.75, 3.05) is 33.5 Å². The number of nitrogens with zero attached hydrogens (tertiary/aromatic N) is 2. The second-order valence-electron chi connectivity index (χ2n) is 5.35. The largest absolute Gasteiger partial charge is 0.382 e. The summed E-state index contributed by atoms with van der Waals surface area (Å²) in [6, 6.07) is 0. The van der Waals surface area contributed by atoms with Gasteiger partial charge in [-0.1, -0.05) is 11.8 Å². The lowest BCUT2D eigenvalue weighted by Gasteiger charge is -2.40. The summed E-state index contributed by atoms with van der Waals surface area (Å²) in [7, 11) is 1.55. The third-order valence-corrected chi connectivity index (χ3v) is 5.53. The van der Waals surface area contributed by atoms with Crippen molar-refractivity contribution in [3.63, 3.8) is 0 Å². The van der Waals surface area contributed by atoms with Crippen LogP contribution in [-0.4, -0.2) is 58.7 Å². The van der Waals surface area contributed by atoms with Crippen LogP contribution in [0.25, 0.3) is 0 Å². The molecule has 0 aromatic carbocycles. The van der Waals surface area contributed by atoms with Crippen LogP contribution < -0.4 is 11.2 Å². The normalized spacial score (nSPS) is 25.8. The number of ether oxygens (including phenoxy) is 2. The lowest BCUT2D eigenvalue weighted by molar-refractivity contribution is -0.124. The average Bonchev–Trinajstić information content (AvgIpc) is 2.42. The maximum absolute atomic E-state index is 12.0. The molecule has 1 aliphatic heterocycles. The topological polar surface area (TPSA) is 96.8 Å². The molecule has 0 aliphatic carbocycles. The van der Waals surface area contributed by atoms with Crippen molar-refractivity contribution in [2.45, 2.75) is 19.3 Å². The SMILES string of the molecule is COC[C@@H]1CN(P(C)(O)=S)C[C@H](n2cc(C)c(=O)[nH]c2=O)O1. The lowest BCUT2D eigenvalue weighted by atomic mass is 10.3. The molecule has 8 nitrogen and oxygen atoms in total. The van der Waals surface area contributed by atoms with E-state index in [9.17, 15) is 14.5 Å². The predicted molar refractivity (Wildman–Crippen MR) is 85.8 cm³/mol. The molecule has 2 rings (SSSR count). The number of morpholine rings is 1. The first-order chi connectivity index (χ1) is 10.2. The molecule has 1 unspecified atom stereocenters. The van der Waals surface area contributed by atoms with E-state index in [0.29, 0.717) is 18.7 Å². The maximum Gasteiger partial charge on any atom is 0.330 e. The predicted octanol–water partition coefficient (Wildman–Crippen LogP) is -0.378. The summed E-state index contributed by atoms with van der Waals surface area (Å²) >= 11 is 5.18. The average molecular weight is 349 g/mol. The molecule has 3 atom stereocenters. The Balaban J connectivity index is 2.36. The van der Waals surface area contributed by atoms with Gasteiger partial charge in [0.2, 0.25) is 0 Å². The summed E-state index contributed by atoms with van der Waals surface area (Å²) < 4.78 is 14.0. The van der Waals surface area contributed by atoms with Crippen molar-refractivity contribution in [3.05, 3.63) is 32.6 Å². The van der Waals surface area contributed by atoms with Gasteiger partial charge in [-0.3, -0.25) is 14.3 Å². The molecule has 1 aromatic heterocycles. The van der Waals surface area contributed by atoms with Gasteiger partial charge in [-0.25, -0.2) is 9.46 Å². The first-order valence-corrected chi connectivity index (χ1v) is 9.90. The van der Waals surface area contributed by atoms with E-state index >= 15 is 0 Å². The fourth-order valence-electron chi connectivity index (χ4n) is 2.33. The summed E-state index contributed by atoms with van der Waals surface area (Å²) in [6.07, 6.45) is -2.17. The summed E-state index contributed by atoms with van der Waals surface area (Å²) in [5, 5.41) is 0. The molecule has 0 bridgehead atoms. The first-order valence-electron chi connectivity index (χ1n) is 6.74. The minimum atomic E-state index is -2.65. The number of aromatic nitrogens is 2. The molecule has 0 spiro atoms. The number of aryl methyl sites for hydroxylation is 1. The number of hydrogen-bond donors (Lipinski definition) is 2. The molecule has 1 aliphatic rings. The van der Waals surface area contributed by atoms with Crippen LogP contribution in [0.3, 0.4) is 0 Å². The summed E-state index contributed by atoms with van der Waals surface area (Å²) in [5.74, 6) is 0. The quantitative estimate of drug-likeness (QED) is 0.716. The highest BCUT2D eigenvalue weighted by Crippen LogP contribution is 2.44. The Labute approximate surface area is 132 Å². The smallest absolute Gasteiger partial charge is 0.330 e. The molecule has 0 radical (unpaired) electrons. The van der Waals surface area contributed by atoms with Gasteiger partial charge in [-0.05, 0) is 6.92 Å². The third kappa shape index (κ3) is 3.92. The zero-order chi connectivity index (χ0) is 16.5. The fourth-order valence-corrected chi connectivity index (χ4v) is 3.66. The fraction of sp³-hybridized carbons (Fsp3) is 0.667. The number of H-pyrrole nitrogens is 1. The van der Waals surface area contributed by atoms with E-state index < -0.39 is 23.9 Å². The number of nitrogens with one attached hydrogen (secondary N) is 1. The van der Waals surface area contributed by atoms with Gasteiger partial charge < -0.3 is 14.4 Å². The molecular formula is C12H20N3O5PS. The van der Waals surface area contributed by atoms with Gasteiger partial charge in [0.15, 0.2) is 6.23 Å². The van der Waals surface area contributed by atoms with Gasteiger partial charge in [0.1, 0.15) is 6.42 Å². The van der Waals surface area contributed by atoms with E-state index in [1.807, 2.05) is 0 Å². The van der Waals surface area contributed by atoms with Crippen molar-refractivity contribution in [1.82, 2.24) is 14.2 Å². The van der Waals surface area contributed by atoms with Crippen molar-refractivity contribution in [3.8, 4) is 0 Å². The summed E-state index contributed by atoms with van der Waals surface area (Å²) in [4.78, 5) is 35.9. The number of hydrogen-bond acceptors (Lipinski definition) is 5. The molecular weight excluding hydrogens is 329 g/mol. The molecule has 1 fully saturated rings. The van der Waals surface area contributed by atoms with E-state index in [-0.39, 0.29) is 12.6 Å². The van der Waals surface area contributed by atoms with Gasteiger partial charge in [-0.2, -0.15) is 0 Å². The van der Waals surface area contributed by atoms with E-state index in [2.05, 4.69) is 4.98 Å². The Kier molecular flexibility index (Phi) is 5.37. The zero-order valence-corrected chi connectivity index (χ0v) is 14.4. The number of aromatic amines is 1. The van der Waals surface area contributed by atoms with Crippen molar-refractivity contribution in [2.24, 2.45) is 0 Å². The van der Waals surface area contributed by atoms with Gasteiger partial charge >= 0.3 is 5.69 Å². The standard InChI is InChI=1S/C12H20N3O5PS/c1-8-4-15(12(17)13-11(8)16)10-6-14(21(3,18)22)5-9(20-10)7-19-2/h4,9-10H,5-7H2,1-3H3,(H,18,22)(H,13,16,17)/t9-,10+,21?/m0/s1. The van der Waals surface area contributed by atoms with Crippen LogP contribution in [0.2, 0.25) is 0 Å². The van der Waals surface area contributed by atoms with Gasteiger partial charge in [0.05, 0.1) is 19.3 Å². The number of methoxy groups -OCH3 is 1. The Morgan fingerprint density at radius 2 is 2.23 bits per heavy atom. The number of rotatable bonds is 4. The molecule has 124 valence electrons. The Morgan fingerprint density at radius 3 is 2.82 bits per heavy atom. The van der Waals surface area contributed by atoms with E-state index in [1.165, 1.54) is 10.8 Å². The second-order valence-corrected chi connectivity index (χ2v) is 9.67. The van der Waals surface area contributed by atoms with Gasteiger partial charge in [0, 0.05) is 32.1 Å². The molecule has 22 heavy (non-hydrogen) atoms. The van der Waals surface area contributed by atoms with Crippen molar-refractivity contribution < 1.29 is 14.4 Å². The van der Waals surface area contributed by atoms with E-state index in [4.69, 9.17) is 21.3 Å². The van der Waals surface area contributed by atoms with Crippen molar-refractivity contribution >= 4 is 18.2 Å². The van der Waals surface area contributed by atoms with Gasteiger partial charge in [-0.15, -0.1) is 0 Å². The maximum atomic E-state index is 12.0. The molecule has 2 heterocycles. The van der Waals surface area contributed by atoms with Crippen LogP contribution in [0.15, 0.2) is 15.8 Å². The minimum absolute atomic E-state index is 0.274. The molecule has 0 saturated carbocycles. The van der Waals surface area contributed by atoms with Crippen LogP contribution in [-0.2, 0) is 21.3 Å². The monoisotopic (exact) mass is 349 g/mol. The molecule has 10 heteroatoms. The van der Waals surface area contributed by atoms with Gasteiger partial charge in [0.25, 0.3) is 5.56 Å². The Bertz CT molecular complexity index is 697. The Hall–Kier alpha value is -0.830. The summed E-state index contributed by atoms with van der Waals surface area (Å²) in [6.45, 7) is 4.24. The van der Waals surface area contributed by atoms with Crippen LogP contribution in [0.4, 0.5) is 0 Å². The molecule has 1 saturated heterocycles. The van der Waals surface area contributed by atoms with Crippen LogP contribution in [0.1, 0.15) is 11.8 Å². The minimum Gasteiger partial charge on any atom is -0.382 e. The Morgan fingerprint density at radius 1 is 1.55 bits per heavy atom. The molecule has 0 amide bonds.